The molecule has 0 atom stereocenters. The van der Waals surface area contributed by atoms with Crippen LogP contribution in [0.5, 0.6) is 0 Å². The zero-order chi connectivity index (χ0) is 8.69. The van der Waals surface area contributed by atoms with E-state index in [2.05, 4.69) is 16.5 Å². The summed E-state index contributed by atoms with van der Waals surface area (Å²) in [5, 5.41) is 10.8. The van der Waals surface area contributed by atoms with Crippen LogP contribution in [-0.2, 0) is 9.53 Å². The van der Waals surface area contributed by atoms with Crippen molar-refractivity contribution in [1.29, 1.82) is 0 Å². The van der Waals surface area contributed by atoms with Crippen LogP contribution in [0.25, 0.3) is 0 Å². The van der Waals surface area contributed by atoms with Crippen molar-refractivity contribution in [2.75, 3.05) is 7.11 Å². The molecule has 0 rings (SSSR count). The predicted octanol–water partition coefficient (Wildman–Crippen LogP) is 0.956. The summed E-state index contributed by atoms with van der Waals surface area (Å²) in [5.74, 6) is -0.420. The van der Waals surface area contributed by atoms with Gasteiger partial charge in [0.05, 0.1) is 7.11 Å². The van der Waals surface area contributed by atoms with E-state index >= 15 is 0 Å². The van der Waals surface area contributed by atoms with E-state index < -0.39 is 5.97 Å². The van der Waals surface area contributed by atoms with Crippen molar-refractivity contribution in [3.05, 3.63) is 12.2 Å². The first-order chi connectivity index (χ1) is 5.22. The molecule has 0 amide bonds. The van der Waals surface area contributed by atoms with Crippen LogP contribution in [-0.4, -0.2) is 24.5 Å². The molecular weight excluding hydrogens is 146 g/mol. The van der Waals surface area contributed by atoms with Gasteiger partial charge in [0.1, 0.15) is 0 Å². The summed E-state index contributed by atoms with van der Waals surface area (Å²) in [6.07, 6.45) is 2.25. The molecule has 0 saturated carbocycles. The van der Waals surface area contributed by atoms with Crippen molar-refractivity contribution >= 4 is 12.2 Å². The third-order valence-electron chi connectivity index (χ3n) is 1.13. The molecule has 62 valence electrons. The van der Waals surface area contributed by atoms with E-state index in [9.17, 15) is 4.79 Å². The molecule has 1 N–H and O–H groups in total. The standard InChI is InChI=1S/C7H11NO3/c1-6(7(9)11-2)4-3-5-8-10/h5,10H,1,3-4H2,2H3/b8-5+. The minimum absolute atomic E-state index is 0.382. The second kappa shape index (κ2) is 5.46. The summed E-state index contributed by atoms with van der Waals surface area (Å²) in [4.78, 5) is 10.7. The minimum Gasteiger partial charge on any atom is -0.466 e. The minimum atomic E-state index is -0.420. The fraction of sp³-hybridized carbons (Fsp3) is 0.429. The Kier molecular flexibility index (Phi) is 4.81. The Morgan fingerprint density at radius 3 is 2.91 bits per heavy atom. The molecule has 0 saturated heterocycles. The molecule has 0 heterocycles. The number of carbonyl (C=O) groups is 1. The Hall–Kier alpha value is -1.32. The lowest BCUT2D eigenvalue weighted by Gasteiger charge is -1.98. The summed E-state index contributed by atoms with van der Waals surface area (Å²) in [6.45, 7) is 3.48. The number of hydrogen-bond acceptors (Lipinski definition) is 4. The molecule has 0 aliphatic heterocycles. The molecule has 0 aromatic rings. The number of ether oxygens (including phenoxy) is 1. The van der Waals surface area contributed by atoms with Crippen LogP contribution in [0, 0.1) is 0 Å². The molecule has 0 radical (unpaired) electrons. The lowest BCUT2D eigenvalue weighted by Crippen LogP contribution is -2.03. The van der Waals surface area contributed by atoms with Crippen LogP contribution >= 0.6 is 0 Å². The van der Waals surface area contributed by atoms with Gasteiger partial charge >= 0.3 is 5.97 Å². The molecule has 0 aromatic carbocycles. The van der Waals surface area contributed by atoms with Gasteiger partial charge in [-0.15, -0.1) is 5.16 Å². The molecule has 0 fully saturated rings. The van der Waals surface area contributed by atoms with Gasteiger partial charge in [-0.1, -0.05) is 6.58 Å². The highest BCUT2D eigenvalue weighted by atomic mass is 16.5. The molecular formula is C7H11NO3. The number of oxime groups is 1. The van der Waals surface area contributed by atoms with Gasteiger partial charge in [-0.25, -0.2) is 4.79 Å². The number of esters is 1. The van der Waals surface area contributed by atoms with Gasteiger partial charge in [-0.05, 0) is 12.8 Å². The average molecular weight is 157 g/mol. The number of methoxy groups -OCH3 is 1. The maximum Gasteiger partial charge on any atom is 0.333 e. The number of nitrogens with zero attached hydrogens (tertiary/aromatic N) is 1. The van der Waals surface area contributed by atoms with E-state index in [0.717, 1.165) is 0 Å². The summed E-state index contributed by atoms with van der Waals surface area (Å²) >= 11 is 0. The van der Waals surface area contributed by atoms with Gasteiger partial charge in [-0.2, -0.15) is 0 Å². The topological polar surface area (TPSA) is 58.9 Å². The van der Waals surface area contributed by atoms with E-state index in [4.69, 9.17) is 5.21 Å². The van der Waals surface area contributed by atoms with Gasteiger partial charge in [0.15, 0.2) is 0 Å². The Labute approximate surface area is 65.2 Å². The van der Waals surface area contributed by atoms with Gasteiger partial charge in [0.2, 0.25) is 0 Å². The fourth-order valence-electron chi connectivity index (χ4n) is 0.543. The smallest absolute Gasteiger partial charge is 0.333 e. The highest BCUT2D eigenvalue weighted by molar-refractivity contribution is 5.87. The first-order valence-corrected chi connectivity index (χ1v) is 3.14. The summed E-state index contributed by atoms with van der Waals surface area (Å²) in [6, 6.07) is 0. The van der Waals surface area contributed by atoms with Crippen molar-refractivity contribution in [1.82, 2.24) is 0 Å². The monoisotopic (exact) mass is 157 g/mol. The SMILES string of the molecule is C=C(CC/C=N/O)C(=O)OC. The zero-order valence-corrected chi connectivity index (χ0v) is 6.41. The lowest BCUT2D eigenvalue weighted by molar-refractivity contribution is -0.136. The molecule has 0 bridgehead atoms. The van der Waals surface area contributed by atoms with Gasteiger partial charge in [0, 0.05) is 11.8 Å². The number of carbonyl (C=O) groups excluding carboxylic acids is 1. The Balaban J connectivity index is 3.61. The largest absolute Gasteiger partial charge is 0.466 e. The summed E-state index contributed by atoms with van der Waals surface area (Å²) in [5.41, 5.74) is 0.382. The normalized spacial score (nSPS) is 9.91. The lowest BCUT2D eigenvalue weighted by atomic mass is 10.2. The fourth-order valence-corrected chi connectivity index (χ4v) is 0.543. The Bertz CT molecular complexity index is 175. The second-order valence-electron chi connectivity index (χ2n) is 1.93. The van der Waals surface area contributed by atoms with Crippen LogP contribution in [0.3, 0.4) is 0 Å². The number of rotatable bonds is 4. The van der Waals surface area contributed by atoms with E-state index in [0.29, 0.717) is 18.4 Å². The van der Waals surface area contributed by atoms with Crippen LogP contribution < -0.4 is 0 Å². The molecule has 4 nitrogen and oxygen atoms in total. The van der Waals surface area contributed by atoms with Crippen LogP contribution in [0.4, 0.5) is 0 Å². The van der Waals surface area contributed by atoms with Gasteiger partial charge in [-0.3, -0.25) is 0 Å². The highest BCUT2D eigenvalue weighted by Gasteiger charge is 2.03. The van der Waals surface area contributed by atoms with E-state index in [1.54, 1.807) is 0 Å². The molecule has 4 heteroatoms. The molecule has 11 heavy (non-hydrogen) atoms. The second-order valence-corrected chi connectivity index (χ2v) is 1.93. The van der Waals surface area contributed by atoms with E-state index in [1.807, 2.05) is 0 Å². The van der Waals surface area contributed by atoms with E-state index in [-0.39, 0.29) is 0 Å². The first-order valence-electron chi connectivity index (χ1n) is 3.14. The maximum absolute atomic E-state index is 10.7. The first kappa shape index (κ1) is 9.68. The number of hydrogen-bond donors (Lipinski definition) is 1. The zero-order valence-electron chi connectivity index (χ0n) is 6.41. The van der Waals surface area contributed by atoms with Crippen molar-refractivity contribution in [3.63, 3.8) is 0 Å². The Morgan fingerprint density at radius 2 is 2.45 bits per heavy atom. The maximum atomic E-state index is 10.7. The van der Waals surface area contributed by atoms with Crippen molar-refractivity contribution in [2.24, 2.45) is 5.16 Å². The predicted molar refractivity (Wildman–Crippen MR) is 40.7 cm³/mol. The quantitative estimate of drug-likeness (QED) is 0.217. The molecule has 0 unspecified atom stereocenters. The summed E-state index contributed by atoms with van der Waals surface area (Å²) in [7, 11) is 1.30. The van der Waals surface area contributed by atoms with Crippen molar-refractivity contribution < 1.29 is 14.7 Å². The highest BCUT2D eigenvalue weighted by Crippen LogP contribution is 2.01. The van der Waals surface area contributed by atoms with Gasteiger partial charge in [0.25, 0.3) is 0 Å². The van der Waals surface area contributed by atoms with Crippen LogP contribution in [0.15, 0.2) is 17.3 Å². The molecule has 0 spiro atoms. The summed E-state index contributed by atoms with van der Waals surface area (Å²) < 4.78 is 4.40. The van der Waals surface area contributed by atoms with Crippen molar-refractivity contribution in [2.45, 2.75) is 12.8 Å². The molecule has 0 aromatic heterocycles. The third-order valence-corrected chi connectivity index (χ3v) is 1.13. The van der Waals surface area contributed by atoms with Crippen molar-refractivity contribution in [3.8, 4) is 0 Å². The molecule has 0 aliphatic carbocycles. The van der Waals surface area contributed by atoms with Crippen LogP contribution in [0.1, 0.15) is 12.8 Å². The molecule has 0 aliphatic rings. The van der Waals surface area contributed by atoms with Crippen LogP contribution in [0.2, 0.25) is 0 Å². The third kappa shape index (κ3) is 4.13. The Morgan fingerprint density at radius 1 is 1.82 bits per heavy atom. The van der Waals surface area contributed by atoms with E-state index in [1.165, 1.54) is 13.3 Å². The van der Waals surface area contributed by atoms with Gasteiger partial charge < -0.3 is 9.94 Å². The average Bonchev–Trinajstić information content (AvgIpc) is 2.03.